The van der Waals surface area contributed by atoms with Gasteiger partial charge in [0.25, 0.3) is 5.91 Å². The minimum atomic E-state index is -0.0457. The van der Waals surface area contributed by atoms with Crippen LogP contribution < -0.4 is 15.5 Å². The number of amides is 2. The topological polar surface area (TPSA) is 61.4 Å². The van der Waals surface area contributed by atoms with Crippen LogP contribution in [0.1, 0.15) is 54.2 Å². The molecular formula is C24H31N3O2. The Morgan fingerprint density at radius 1 is 1.14 bits per heavy atom. The van der Waals surface area contributed by atoms with E-state index in [4.69, 9.17) is 0 Å². The molecule has 1 aliphatic rings. The van der Waals surface area contributed by atoms with E-state index in [1.165, 1.54) is 0 Å². The number of benzene rings is 2. The highest BCUT2D eigenvalue weighted by atomic mass is 16.2. The van der Waals surface area contributed by atoms with Gasteiger partial charge in [0.15, 0.2) is 0 Å². The number of hydrogen-bond acceptors (Lipinski definition) is 3. The third kappa shape index (κ3) is 4.78. The smallest absolute Gasteiger partial charge is 0.251 e. The molecule has 1 heterocycles. The Morgan fingerprint density at radius 2 is 1.90 bits per heavy atom. The molecule has 0 bridgehead atoms. The van der Waals surface area contributed by atoms with Gasteiger partial charge in [0.05, 0.1) is 6.54 Å². The first kappa shape index (κ1) is 20.9. The molecule has 2 amide bonds. The van der Waals surface area contributed by atoms with E-state index in [0.29, 0.717) is 5.56 Å². The number of carbonyl (C=O) groups excluding carboxylic acids is 2. The van der Waals surface area contributed by atoms with Crippen molar-refractivity contribution in [3.8, 4) is 0 Å². The molecule has 0 fully saturated rings. The van der Waals surface area contributed by atoms with Crippen molar-refractivity contribution in [2.24, 2.45) is 0 Å². The lowest BCUT2D eigenvalue weighted by Gasteiger charge is -2.32. The lowest BCUT2D eigenvalue weighted by molar-refractivity contribution is -0.115. The van der Waals surface area contributed by atoms with E-state index >= 15 is 0 Å². The second-order valence-electron chi connectivity index (χ2n) is 7.97. The summed E-state index contributed by atoms with van der Waals surface area (Å²) in [6.45, 7) is 9.11. The van der Waals surface area contributed by atoms with Crippen molar-refractivity contribution in [3.05, 3.63) is 58.7 Å². The summed E-state index contributed by atoms with van der Waals surface area (Å²) >= 11 is 0. The Hall–Kier alpha value is -2.82. The minimum Gasteiger partial charge on any atom is -0.362 e. The van der Waals surface area contributed by atoms with Crippen LogP contribution in [0.2, 0.25) is 0 Å². The maximum absolute atomic E-state index is 12.8. The van der Waals surface area contributed by atoms with Crippen molar-refractivity contribution in [2.45, 2.75) is 53.0 Å². The standard InChI is InChI=1S/C24H31N3O2/c1-5-18-10-6-9-17(4)23(18)26-22(28)15-27-14-8-12-19-20(11-7-13-21(19)27)24(29)25-16(2)3/h6-7,9-11,13,16H,5,8,12,14-15H2,1-4H3,(H,25,29)(H,26,28). The molecule has 0 saturated heterocycles. The fraction of sp³-hybridized carbons (Fsp3) is 0.417. The van der Waals surface area contributed by atoms with Crippen LogP contribution in [0, 0.1) is 6.92 Å². The summed E-state index contributed by atoms with van der Waals surface area (Å²) in [6, 6.07) is 12.0. The largest absolute Gasteiger partial charge is 0.362 e. The van der Waals surface area contributed by atoms with E-state index in [1.807, 2.05) is 51.1 Å². The Kier molecular flexibility index (Phi) is 6.57. The number of para-hydroxylation sites is 1. The normalized spacial score (nSPS) is 13.2. The van der Waals surface area contributed by atoms with Crippen molar-refractivity contribution in [1.82, 2.24) is 5.32 Å². The van der Waals surface area contributed by atoms with E-state index < -0.39 is 0 Å². The Balaban J connectivity index is 1.79. The Morgan fingerprint density at radius 3 is 2.62 bits per heavy atom. The highest BCUT2D eigenvalue weighted by Crippen LogP contribution is 2.30. The summed E-state index contributed by atoms with van der Waals surface area (Å²) < 4.78 is 0. The molecule has 0 unspecified atom stereocenters. The van der Waals surface area contributed by atoms with Gasteiger partial charge in [-0.1, -0.05) is 31.2 Å². The first-order chi connectivity index (χ1) is 13.9. The number of hydrogen-bond donors (Lipinski definition) is 2. The van der Waals surface area contributed by atoms with Crippen molar-refractivity contribution >= 4 is 23.2 Å². The van der Waals surface area contributed by atoms with Gasteiger partial charge in [0.1, 0.15) is 0 Å². The molecule has 0 aliphatic carbocycles. The van der Waals surface area contributed by atoms with E-state index in [9.17, 15) is 9.59 Å². The maximum Gasteiger partial charge on any atom is 0.251 e. The van der Waals surface area contributed by atoms with Gasteiger partial charge in [-0.05, 0) is 68.9 Å². The molecular weight excluding hydrogens is 362 g/mol. The van der Waals surface area contributed by atoms with Gasteiger partial charge in [0, 0.05) is 29.5 Å². The van der Waals surface area contributed by atoms with E-state index in [2.05, 4.69) is 28.5 Å². The molecule has 2 N–H and O–H groups in total. The number of rotatable bonds is 6. The lowest BCUT2D eigenvalue weighted by Crippen LogP contribution is -2.38. The molecule has 0 saturated carbocycles. The third-order valence-electron chi connectivity index (χ3n) is 5.35. The first-order valence-corrected chi connectivity index (χ1v) is 10.5. The zero-order chi connectivity index (χ0) is 21.0. The minimum absolute atomic E-state index is 0.0288. The summed E-state index contributed by atoms with van der Waals surface area (Å²) in [6.07, 6.45) is 2.65. The van der Waals surface area contributed by atoms with Crippen LogP contribution in [0.25, 0.3) is 0 Å². The van der Waals surface area contributed by atoms with Gasteiger partial charge in [-0.3, -0.25) is 9.59 Å². The number of fused-ring (bicyclic) bond motifs is 1. The van der Waals surface area contributed by atoms with Crippen LogP contribution in [-0.4, -0.2) is 30.9 Å². The van der Waals surface area contributed by atoms with Gasteiger partial charge in [0.2, 0.25) is 5.91 Å². The van der Waals surface area contributed by atoms with Crippen LogP contribution in [-0.2, 0) is 17.6 Å². The average molecular weight is 394 g/mol. The molecule has 154 valence electrons. The van der Waals surface area contributed by atoms with Crippen molar-refractivity contribution in [1.29, 1.82) is 0 Å². The molecule has 0 radical (unpaired) electrons. The number of nitrogens with zero attached hydrogens (tertiary/aromatic N) is 1. The zero-order valence-electron chi connectivity index (χ0n) is 17.8. The molecule has 0 aromatic heterocycles. The molecule has 29 heavy (non-hydrogen) atoms. The Bertz CT molecular complexity index is 905. The predicted octanol–water partition coefficient (Wildman–Crippen LogP) is 4.09. The monoisotopic (exact) mass is 393 g/mol. The fourth-order valence-electron chi connectivity index (χ4n) is 3.97. The van der Waals surface area contributed by atoms with Crippen LogP contribution in [0.15, 0.2) is 36.4 Å². The number of aryl methyl sites for hydroxylation is 2. The number of carbonyl (C=O) groups is 2. The van der Waals surface area contributed by atoms with Gasteiger partial charge in [-0.15, -0.1) is 0 Å². The second kappa shape index (κ2) is 9.12. The van der Waals surface area contributed by atoms with Gasteiger partial charge < -0.3 is 15.5 Å². The van der Waals surface area contributed by atoms with Crippen molar-refractivity contribution < 1.29 is 9.59 Å². The summed E-state index contributed by atoms with van der Waals surface area (Å²) in [5.74, 6) is -0.0745. The number of nitrogens with one attached hydrogen (secondary N) is 2. The summed E-state index contributed by atoms with van der Waals surface area (Å²) in [5, 5.41) is 6.09. The van der Waals surface area contributed by atoms with Crippen molar-refractivity contribution in [3.63, 3.8) is 0 Å². The quantitative estimate of drug-likeness (QED) is 0.777. The SMILES string of the molecule is CCc1cccc(C)c1NC(=O)CN1CCCc2c(C(=O)NC(C)C)cccc21. The summed E-state index contributed by atoms with van der Waals surface area (Å²) in [7, 11) is 0. The van der Waals surface area contributed by atoms with Crippen LogP contribution in [0.5, 0.6) is 0 Å². The highest BCUT2D eigenvalue weighted by Gasteiger charge is 2.24. The third-order valence-corrected chi connectivity index (χ3v) is 5.35. The molecule has 0 spiro atoms. The van der Waals surface area contributed by atoms with Crippen LogP contribution >= 0.6 is 0 Å². The second-order valence-corrected chi connectivity index (χ2v) is 7.97. The average Bonchev–Trinajstić information content (AvgIpc) is 2.68. The van der Waals surface area contributed by atoms with Crippen LogP contribution in [0.3, 0.4) is 0 Å². The molecule has 5 nitrogen and oxygen atoms in total. The molecule has 0 atom stereocenters. The van der Waals surface area contributed by atoms with E-state index in [-0.39, 0.29) is 24.4 Å². The molecule has 2 aromatic rings. The molecule has 2 aromatic carbocycles. The molecule has 3 rings (SSSR count). The van der Waals surface area contributed by atoms with Crippen LogP contribution in [0.4, 0.5) is 11.4 Å². The summed E-state index contributed by atoms with van der Waals surface area (Å²) in [5.41, 5.74) is 5.88. The predicted molar refractivity (Wildman–Crippen MR) is 119 cm³/mol. The van der Waals surface area contributed by atoms with Gasteiger partial charge in [-0.2, -0.15) is 0 Å². The maximum atomic E-state index is 12.8. The van der Waals surface area contributed by atoms with Crippen molar-refractivity contribution in [2.75, 3.05) is 23.3 Å². The van der Waals surface area contributed by atoms with E-state index in [0.717, 1.165) is 53.9 Å². The summed E-state index contributed by atoms with van der Waals surface area (Å²) in [4.78, 5) is 27.5. The number of anilines is 2. The van der Waals surface area contributed by atoms with E-state index in [1.54, 1.807) is 0 Å². The molecule has 1 aliphatic heterocycles. The van der Waals surface area contributed by atoms with Gasteiger partial charge >= 0.3 is 0 Å². The zero-order valence-corrected chi connectivity index (χ0v) is 17.8. The first-order valence-electron chi connectivity index (χ1n) is 10.5. The highest BCUT2D eigenvalue weighted by molar-refractivity contribution is 5.99. The Labute approximate surface area is 173 Å². The fourth-order valence-corrected chi connectivity index (χ4v) is 3.97. The molecule has 5 heteroatoms. The van der Waals surface area contributed by atoms with Gasteiger partial charge in [-0.25, -0.2) is 0 Å². The lowest BCUT2D eigenvalue weighted by atomic mass is 9.95.